The number of hydrogen-bond donors (Lipinski definition) is 2. The molecule has 1 aliphatic rings. The number of nitrogens with one attached hydrogen (secondary N) is 1. The second kappa shape index (κ2) is 5.84. The van der Waals surface area contributed by atoms with Crippen molar-refractivity contribution in [2.75, 3.05) is 29.9 Å². The molecule has 0 bridgehead atoms. The quantitative estimate of drug-likeness (QED) is 0.894. The van der Waals surface area contributed by atoms with Gasteiger partial charge in [-0.25, -0.2) is 4.98 Å². The number of hydrogen-bond acceptors (Lipinski definition) is 4. The van der Waals surface area contributed by atoms with E-state index < -0.39 is 0 Å². The number of nitrogens with zero attached hydrogens (tertiary/aromatic N) is 2. The maximum Gasteiger partial charge on any atom is 0.222 e. The Kier molecular flexibility index (Phi) is 4.37. The van der Waals surface area contributed by atoms with Crippen LogP contribution < -0.4 is 16.0 Å². The van der Waals surface area contributed by atoms with Crippen molar-refractivity contribution in [2.24, 2.45) is 11.7 Å². The van der Waals surface area contributed by atoms with Crippen LogP contribution in [0.1, 0.15) is 13.3 Å². The van der Waals surface area contributed by atoms with Crippen LogP contribution in [-0.4, -0.2) is 30.5 Å². The molecule has 5 nitrogen and oxygen atoms in total. The monoisotopic (exact) mass is 302 g/mol. The molecule has 1 unspecified atom stereocenters. The average Bonchev–Trinajstić information content (AvgIpc) is 2.82. The average molecular weight is 303 g/mol. The summed E-state index contributed by atoms with van der Waals surface area (Å²) in [6.07, 6.45) is 0.729. The van der Waals surface area contributed by atoms with Crippen molar-refractivity contribution in [3.8, 4) is 0 Å². The van der Waals surface area contributed by atoms with Gasteiger partial charge in [-0.3, -0.25) is 4.79 Å². The van der Waals surface area contributed by atoms with E-state index in [0.29, 0.717) is 34.8 Å². The molecular weight excluding hydrogens is 287 g/mol. The molecule has 0 aliphatic carbocycles. The van der Waals surface area contributed by atoms with Crippen LogP contribution in [0, 0.1) is 5.92 Å². The lowest BCUT2D eigenvalue weighted by atomic mass is 10.1. The number of carbonyl (C=O) groups excluding carboxylic acids is 1. The van der Waals surface area contributed by atoms with Crippen molar-refractivity contribution in [2.45, 2.75) is 13.3 Å². The number of nitrogens with two attached hydrogens (primary N) is 1. The minimum Gasteiger partial charge on any atom is -0.369 e. The minimum atomic E-state index is -0.278. The molecule has 1 saturated heterocycles. The van der Waals surface area contributed by atoms with Crippen LogP contribution >= 0.6 is 23.2 Å². The van der Waals surface area contributed by atoms with E-state index in [1.807, 2.05) is 11.8 Å². The van der Waals surface area contributed by atoms with Crippen LogP contribution in [0.2, 0.25) is 10.0 Å². The van der Waals surface area contributed by atoms with Gasteiger partial charge < -0.3 is 16.0 Å². The highest BCUT2D eigenvalue weighted by atomic mass is 35.5. The van der Waals surface area contributed by atoms with Gasteiger partial charge in [0.1, 0.15) is 11.6 Å². The summed E-state index contributed by atoms with van der Waals surface area (Å²) in [5.41, 5.74) is 5.33. The van der Waals surface area contributed by atoms with Crippen molar-refractivity contribution < 1.29 is 4.79 Å². The summed E-state index contributed by atoms with van der Waals surface area (Å²) in [5, 5.41) is 4.05. The molecule has 1 aromatic heterocycles. The molecule has 0 spiro atoms. The van der Waals surface area contributed by atoms with E-state index in [4.69, 9.17) is 28.9 Å². The van der Waals surface area contributed by atoms with E-state index in [1.165, 1.54) is 0 Å². The molecule has 104 valence electrons. The molecule has 0 aromatic carbocycles. The largest absolute Gasteiger partial charge is 0.369 e. The van der Waals surface area contributed by atoms with Crippen molar-refractivity contribution in [1.29, 1.82) is 0 Å². The van der Waals surface area contributed by atoms with E-state index in [-0.39, 0.29) is 11.8 Å². The molecule has 2 heterocycles. The number of halogens is 2. The van der Waals surface area contributed by atoms with Gasteiger partial charge in [0, 0.05) is 19.6 Å². The summed E-state index contributed by atoms with van der Waals surface area (Å²) in [4.78, 5) is 17.6. The van der Waals surface area contributed by atoms with Crippen LogP contribution in [0.25, 0.3) is 0 Å². The maximum absolute atomic E-state index is 11.2. The molecular formula is C12H16Cl2N4O. The Morgan fingerprint density at radius 3 is 2.89 bits per heavy atom. The van der Waals surface area contributed by atoms with Gasteiger partial charge in [0.2, 0.25) is 5.91 Å². The molecule has 0 saturated carbocycles. The highest BCUT2D eigenvalue weighted by Gasteiger charge is 2.29. The minimum absolute atomic E-state index is 0.142. The third-order valence-electron chi connectivity index (χ3n) is 3.15. The molecule has 1 aromatic rings. The lowest BCUT2D eigenvalue weighted by Crippen LogP contribution is -2.28. The van der Waals surface area contributed by atoms with Crippen LogP contribution in [0.15, 0.2) is 6.07 Å². The fourth-order valence-corrected chi connectivity index (χ4v) is 2.70. The van der Waals surface area contributed by atoms with E-state index in [9.17, 15) is 4.79 Å². The smallest absolute Gasteiger partial charge is 0.222 e. The normalized spacial score (nSPS) is 18.7. The van der Waals surface area contributed by atoms with Gasteiger partial charge in [-0.2, -0.15) is 0 Å². The zero-order chi connectivity index (χ0) is 14.0. The molecule has 1 fully saturated rings. The third kappa shape index (κ3) is 3.04. The first-order valence-electron chi connectivity index (χ1n) is 6.17. The third-order valence-corrected chi connectivity index (χ3v) is 3.71. The number of amides is 1. The number of primary amides is 1. The number of aromatic nitrogens is 1. The topological polar surface area (TPSA) is 71.2 Å². The highest BCUT2D eigenvalue weighted by Crippen LogP contribution is 2.33. The zero-order valence-corrected chi connectivity index (χ0v) is 12.1. The number of carbonyl (C=O) groups is 1. The van der Waals surface area contributed by atoms with Crippen LogP contribution in [0.5, 0.6) is 0 Å². The first-order chi connectivity index (χ1) is 9.02. The lowest BCUT2D eigenvalue weighted by Gasteiger charge is -2.20. The predicted molar refractivity (Wildman–Crippen MR) is 77.9 cm³/mol. The molecule has 3 N–H and O–H groups in total. The molecule has 1 aliphatic heterocycles. The molecule has 1 amide bonds. The van der Waals surface area contributed by atoms with Gasteiger partial charge in [0.05, 0.1) is 16.0 Å². The molecule has 7 heteroatoms. The van der Waals surface area contributed by atoms with Gasteiger partial charge in [-0.05, 0) is 19.4 Å². The van der Waals surface area contributed by atoms with Gasteiger partial charge in [0.15, 0.2) is 0 Å². The van der Waals surface area contributed by atoms with Gasteiger partial charge in [0.25, 0.3) is 0 Å². The summed E-state index contributed by atoms with van der Waals surface area (Å²) in [6.45, 7) is 3.95. The Morgan fingerprint density at radius 1 is 1.58 bits per heavy atom. The van der Waals surface area contributed by atoms with E-state index in [1.54, 1.807) is 6.07 Å². The van der Waals surface area contributed by atoms with E-state index in [0.717, 1.165) is 13.0 Å². The van der Waals surface area contributed by atoms with Gasteiger partial charge >= 0.3 is 0 Å². The van der Waals surface area contributed by atoms with Crippen molar-refractivity contribution in [3.05, 3.63) is 16.1 Å². The van der Waals surface area contributed by atoms with Gasteiger partial charge in [-0.1, -0.05) is 23.2 Å². The highest BCUT2D eigenvalue weighted by molar-refractivity contribution is 6.37. The second-order valence-electron chi connectivity index (χ2n) is 4.49. The Hall–Kier alpha value is -1.20. The zero-order valence-electron chi connectivity index (χ0n) is 10.6. The molecule has 0 radical (unpaired) electrons. The van der Waals surface area contributed by atoms with Crippen LogP contribution in [0.4, 0.5) is 11.6 Å². The van der Waals surface area contributed by atoms with Crippen molar-refractivity contribution in [3.63, 3.8) is 0 Å². The predicted octanol–water partition coefficient (Wildman–Crippen LogP) is 2.13. The Labute approximate surface area is 122 Å². The number of anilines is 2. The Bertz CT molecular complexity index is 495. The fourth-order valence-electron chi connectivity index (χ4n) is 2.15. The summed E-state index contributed by atoms with van der Waals surface area (Å²) in [6, 6.07) is 1.67. The van der Waals surface area contributed by atoms with Crippen molar-refractivity contribution >= 4 is 40.7 Å². The summed E-state index contributed by atoms with van der Waals surface area (Å²) >= 11 is 12.2. The standard InChI is InChI=1S/C12H16Cl2N4O/c1-2-16-11-8(13)5-9(14)12(17-11)18-4-3-7(6-18)10(15)19/h5,7H,2-4,6H2,1H3,(H2,15,19)(H,16,17). The molecule has 19 heavy (non-hydrogen) atoms. The molecule has 2 rings (SSSR count). The van der Waals surface area contributed by atoms with Crippen LogP contribution in [-0.2, 0) is 4.79 Å². The number of pyridine rings is 1. The SMILES string of the molecule is CCNc1nc(N2CCC(C(N)=O)C2)c(Cl)cc1Cl. The first-order valence-corrected chi connectivity index (χ1v) is 6.92. The fraction of sp³-hybridized carbons (Fsp3) is 0.500. The van der Waals surface area contributed by atoms with E-state index >= 15 is 0 Å². The summed E-state index contributed by atoms with van der Waals surface area (Å²) < 4.78 is 0. The van der Waals surface area contributed by atoms with E-state index in [2.05, 4.69) is 10.3 Å². The Balaban J connectivity index is 2.25. The number of rotatable bonds is 4. The maximum atomic E-state index is 11.2. The molecule has 1 atom stereocenters. The Morgan fingerprint density at radius 2 is 2.32 bits per heavy atom. The second-order valence-corrected chi connectivity index (χ2v) is 5.30. The summed E-state index contributed by atoms with van der Waals surface area (Å²) in [5.74, 6) is 0.826. The van der Waals surface area contributed by atoms with Crippen LogP contribution in [0.3, 0.4) is 0 Å². The van der Waals surface area contributed by atoms with Gasteiger partial charge in [-0.15, -0.1) is 0 Å². The first kappa shape index (κ1) is 14.2. The lowest BCUT2D eigenvalue weighted by molar-refractivity contribution is -0.121. The summed E-state index contributed by atoms with van der Waals surface area (Å²) in [7, 11) is 0. The van der Waals surface area contributed by atoms with Crippen molar-refractivity contribution in [1.82, 2.24) is 4.98 Å².